The minimum Gasteiger partial charge on any atom is -0.390 e. The maximum absolute atomic E-state index is 5.87. The number of unbranched alkanes of at least 4 members (excludes halogenated alkanes) is 4. The molecule has 0 aliphatic carbocycles. The largest absolute Gasteiger partial charge is 0.390 e. The fraction of sp³-hybridized carbons (Fsp3) is 0.750. The van der Waals surface area contributed by atoms with Gasteiger partial charge in [0.25, 0.3) is 0 Å². The first kappa shape index (κ1) is 14.5. The summed E-state index contributed by atoms with van der Waals surface area (Å²) in [5.74, 6) is 0. The fourth-order valence-electron chi connectivity index (χ4n) is 1.20. The maximum atomic E-state index is 5.87. The first-order valence-corrected chi connectivity index (χ1v) is 6.28. The Hall–Kier alpha value is -0.500. The van der Waals surface area contributed by atoms with E-state index in [1.807, 2.05) is 6.92 Å². The van der Waals surface area contributed by atoms with Gasteiger partial charge in [0, 0.05) is 25.5 Å². The highest BCUT2D eigenvalue weighted by Gasteiger charge is 1.88. The van der Waals surface area contributed by atoms with Gasteiger partial charge in [-0.15, -0.1) is 0 Å². The molecule has 0 aliphatic heterocycles. The zero-order chi connectivity index (χ0) is 11.4. The van der Waals surface area contributed by atoms with Crippen LogP contribution < -0.4 is 5.32 Å². The van der Waals surface area contributed by atoms with Crippen LogP contribution in [0.2, 0.25) is 0 Å². The van der Waals surface area contributed by atoms with Gasteiger partial charge in [-0.1, -0.05) is 44.2 Å². The third-order valence-corrected chi connectivity index (χ3v) is 2.26. The van der Waals surface area contributed by atoms with Gasteiger partial charge >= 0.3 is 0 Å². The Balaban J connectivity index is 3.37. The summed E-state index contributed by atoms with van der Waals surface area (Å²) in [6.45, 7) is 6.04. The molecule has 0 radical (unpaired) electrons. The molecule has 0 bridgehead atoms. The van der Waals surface area contributed by atoms with Crippen LogP contribution >= 0.6 is 11.6 Å². The van der Waals surface area contributed by atoms with Crippen molar-refractivity contribution in [3.05, 3.63) is 11.2 Å². The van der Waals surface area contributed by atoms with Gasteiger partial charge in [-0.25, -0.2) is 0 Å². The number of nitrogens with one attached hydrogen (secondary N) is 1. The minimum atomic E-state index is 0.672. The molecule has 0 amide bonds. The Morgan fingerprint density at radius 1 is 1.20 bits per heavy atom. The average molecular weight is 231 g/mol. The standard InChI is InChI=1S/C12H23ClN2/c1-3-5-6-7-8-9-15-11-12(13)10-14-4-2/h10-11,14H,3-9H2,1-2H3/b12-10-,15-11?. The van der Waals surface area contributed by atoms with Crippen molar-refractivity contribution in [2.75, 3.05) is 13.1 Å². The molecule has 0 saturated carbocycles. The molecule has 0 aromatic heterocycles. The van der Waals surface area contributed by atoms with E-state index in [-0.39, 0.29) is 0 Å². The second-order valence-corrected chi connectivity index (χ2v) is 3.97. The van der Waals surface area contributed by atoms with E-state index in [0.717, 1.165) is 13.1 Å². The Morgan fingerprint density at radius 2 is 1.93 bits per heavy atom. The van der Waals surface area contributed by atoms with Crippen LogP contribution in [0.15, 0.2) is 16.2 Å². The SMILES string of the molecule is CCCCCCCN=C/C(Cl)=C/NCC. The highest BCUT2D eigenvalue weighted by Crippen LogP contribution is 2.02. The molecule has 88 valence electrons. The molecule has 0 rings (SSSR count). The number of aliphatic imine (C=N–C) groups is 1. The van der Waals surface area contributed by atoms with E-state index in [9.17, 15) is 0 Å². The summed E-state index contributed by atoms with van der Waals surface area (Å²) in [5.41, 5.74) is 0. The molecule has 2 nitrogen and oxygen atoms in total. The number of allylic oxidation sites excluding steroid dienone is 1. The third-order valence-electron chi connectivity index (χ3n) is 2.05. The lowest BCUT2D eigenvalue weighted by Crippen LogP contribution is -2.02. The summed E-state index contributed by atoms with van der Waals surface area (Å²) in [6, 6.07) is 0. The second-order valence-electron chi connectivity index (χ2n) is 3.54. The zero-order valence-corrected chi connectivity index (χ0v) is 10.7. The van der Waals surface area contributed by atoms with Crippen molar-refractivity contribution in [1.82, 2.24) is 5.32 Å². The summed E-state index contributed by atoms with van der Waals surface area (Å²) < 4.78 is 0. The molecule has 0 aromatic carbocycles. The molecule has 0 aromatic rings. The Labute approximate surface area is 98.8 Å². The summed E-state index contributed by atoms with van der Waals surface area (Å²) in [6.07, 6.45) is 9.91. The molecule has 15 heavy (non-hydrogen) atoms. The smallest absolute Gasteiger partial charge is 0.0740 e. The first-order chi connectivity index (χ1) is 7.31. The lowest BCUT2D eigenvalue weighted by Gasteiger charge is -1.96. The van der Waals surface area contributed by atoms with Gasteiger partial charge in [-0.3, -0.25) is 4.99 Å². The summed E-state index contributed by atoms with van der Waals surface area (Å²) in [5, 5.41) is 3.70. The Bertz CT molecular complexity index is 188. The quantitative estimate of drug-likeness (QED) is 0.474. The highest BCUT2D eigenvalue weighted by molar-refractivity contribution is 6.39. The predicted octanol–water partition coefficient (Wildman–Crippen LogP) is 3.72. The number of halogens is 1. The van der Waals surface area contributed by atoms with Crippen LogP contribution in [0.25, 0.3) is 0 Å². The van der Waals surface area contributed by atoms with Crippen molar-refractivity contribution in [3.63, 3.8) is 0 Å². The second kappa shape index (κ2) is 11.6. The Kier molecular flexibility index (Phi) is 11.2. The predicted molar refractivity (Wildman–Crippen MR) is 69.7 cm³/mol. The van der Waals surface area contributed by atoms with Gasteiger partial charge in [0.05, 0.1) is 5.03 Å². The van der Waals surface area contributed by atoms with E-state index < -0.39 is 0 Å². The number of nitrogens with zero attached hydrogens (tertiary/aromatic N) is 1. The molecular weight excluding hydrogens is 208 g/mol. The monoisotopic (exact) mass is 230 g/mol. The fourth-order valence-corrected chi connectivity index (χ4v) is 1.34. The number of rotatable bonds is 9. The third kappa shape index (κ3) is 11.4. The molecule has 0 saturated heterocycles. The van der Waals surface area contributed by atoms with Crippen LogP contribution in [-0.4, -0.2) is 19.3 Å². The zero-order valence-electron chi connectivity index (χ0n) is 9.93. The van der Waals surface area contributed by atoms with E-state index in [1.54, 1.807) is 12.4 Å². The van der Waals surface area contributed by atoms with Gasteiger partial charge in [0.1, 0.15) is 0 Å². The Morgan fingerprint density at radius 3 is 2.60 bits per heavy atom. The molecule has 0 spiro atoms. The molecule has 0 fully saturated rings. The van der Waals surface area contributed by atoms with Crippen molar-refractivity contribution >= 4 is 17.8 Å². The lowest BCUT2D eigenvalue weighted by molar-refractivity contribution is 0.639. The van der Waals surface area contributed by atoms with Crippen LogP contribution in [0.1, 0.15) is 46.0 Å². The van der Waals surface area contributed by atoms with Crippen molar-refractivity contribution in [2.24, 2.45) is 4.99 Å². The van der Waals surface area contributed by atoms with E-state index in [1.165, 1.54) is 32.1 Å². The topological polar surface area (TPSA) is 24.4 Å². The molecule has 0 aliphatic rings. The maximum Gasteiger partial charge on any atom is 0.0740 e. The van der Waals surface area contributed by atoms with Crippen molar-refractivity contribution in [2.45, 2.75) is 46.0 Å². The van der Waals surface area contributed by atoms with E-state index in [4.69, 9.17) is 11.6 Å². The summed E-state index contributed by atoms with van der Waals surface area (Å²) in [7, 11) is 0. The van der Waals surface area contributed by atoms with Gasteiger partial charge in [-0.05, 0) is 13.3 Å². The van der Waals surface area contributed by atoms with Gasteiger partial charge in [-0.2, -0.15) is 0 Å². The van der Waals surface area contributed by atoms with Gasteiger partial charge < -0.3 is 5.32 Å². The number of hydrogen-bond acceptors (Lipinski definition) is 2. The summed E-state index contributed by atoms with van der Waals surface area (Å²) >= 11 is 5.87. The van der Waals surface area contributed by atoms with Gasteiger partial charge in [0.15, 0.2) is 0 Å². The summed E-state index contributed by atoms with van der Waals surface area (Å²) in [4.78, 5) is 4.26. The van der Waals surface area contributed by atoms with Crippen LogP contribution in [0.4, 0.5) is 0 Å². The van der Waals surface area contributed by atoms with Crippen LogP contribution in [0.3, 0.4) is 0 Å². The van der Waals surface area contributed by atoms with E-state index in [2.05, 4.69) is 17.2 Å². The highest BCUT2D eigenvalue weighted by atomic mass is 35.5. The lowest BCUT2D eigenvalue weighted by atomic mass is 10.2. The molecule has 0 atom stereocenters. The van der Waals surface area contributed by atoms with E-state index in [0.29, 0.717) is 5.03 Å². The van der Waals surface area contributed by atoms with Crippen LogP contribution in [0.5, 0.6) is 0 Å². The molecule has 0 heterocycles. The van der Waals surface area contributed by atoms with Crippen molar-refractivity contribution < 1.29 is 0 Å². The van der Waals surface area contributed by atoms with Crippen LogP contribution in [-0.2, 0) is 0 Å². The van der Waals surface area contributed by atoms with E-state index >= 15 is 0 Å². The molecule has 1 N–H and O–H groups in total. The van der Waals surface area contributed by atoms with Crippen molar-refractivity contribution in [1.29, 1.82) is 0 Å². The molecule has 0 unspecified atom stereocenters. The normalized spacial score (nSPS) is 12.3. The minimum absolute atomic E-state index is 0.672. The first-order valence-electron chi connectivity index (χ1n) is 5.90. The van der Waals surface area contributed by atoms with Crippen LogP contribution in [0, 0.1) is 0 Å². The molecular formula is C12H23ClN2. The van der Waals surface area contributed by atoms with Crippen molar-refractivity contribution in [3.8, 4) is 0 Å². The molecule has 3 heteroatoms. The van der Waals surface area contributed by atoms with Gasteiger partial charge in [0.2, 0.25) is 0 Å². The average Bonchev–Trinajstić information content (AvgIpc) is 2.25. The number of hydrogen-bond donors (Lipinski definition) is 1.